The van der Waals surface area contributed by atoms with Gasteiger partial charge >= 0.3 is 0 Å². The molecule has 1 aromatic heterocycles. The highest BCUT2D eigenvalue weighted by Gasteiger charge is 2.26. The first kappa shape index (κ1) is 26.5. The molecular formula is C27H25FN4O3S3. The smallest absolute Gasteiger partial charge is 0.243 e. The quantitative estimate of drug-likeness (QED) is 0.227. The van der Waals surface area contributed by atoms with Crippen molar-refractivity contribution in [1.82, 2.24) is 8.98 Å². The van der Waals surface area contributed by atoms with E-state index in [2.05, 4.69) is 0 Å². The van der Waals surface area contributed by atoms with Crippen molar-refractivity contribution in [2.75, 3.05) is 32.6 Å². The molecule has 0 spiro atoms. The Hall–Kier alpha value is -3.09. The maximum Gasteiger partial charge on any atom is 0.243 e. The number of aromatic nitrogens is 1. The lowest BCUT2D eigenvalue weighted by atomic mass is 10.2. The Balaban J connectivity index is 1.50. The fraction of sp³-hybridized carbons (Fsp3) is 0.185. The molecule has 0 amide bonds. The van der Waals surface area contributed by atoms with Crippen molar-refractivity contribution in [2.24, 2.45) is 10.1 Å². The maximum absolute atomic E-state index is 13.6. The van der Waals surface area contributed by atoms with Gasteiger partial charge in [-0.25, -0.2) is 22.5 Å². The van der Waals surface area contributed by atoms with Crippen LogP contribution in [0.25, 0.3) is 11.3 Å². The van der Waals surface area contributed by atoms with Crippen molar-refractivity contribution >= 4 is 45.0 Å². The lowest BCUT2D eigenvalue weighted by Crippen LogP contribution is -2.40. The van der Waals surface area contributed by atoms with E-state index in [1.165, 1.54) is 27.8 Å². The Morgan fingerprint density at radius 3 is 2.32 bits per heavy atom. The summed E-state index contributed by atoms with van der Waals surface area (Å²) < 4.78 is 47.9. The molecule has 11 heteroatoms. The summed E-state index contributed by atoms with van der Waals surface area (Å²) in [6.45, 7) is 1.47. The van der Waals surface area contributed by atoms with Gasteiger partial charge in [0.25, 0.3) is 0 Å². The van der Waals surface area contributed by atoms with E-state index in [1.54, 1.807) is 59.1 Å². The zero-order chi connectivity index (χ0) is 26.5. The third-order valence-electron chi connectivity index (χ3n) is 5.93. The van der Waals surface area contributed by atoms with Gasteiger partial charge in [0.15, 0.2) is 0 Å². The van der Waals surface area contributed by atoms with Gasteiger partial charge in [-0.05, 0) is 72.5 Å². The molecule has 1 aliphatic rings. The Morgan fingerprint density at radius 1 is 0.974 bits per heavy atom. The van der Waals surface area contributed by atoms with Gasteiger partial charge in [0.05, 0.1) is 35.7 Å². The maximum atomic E-state index is 13.6. The van der Waals surface area contributed by atoms with Gasteiger partial charge in [0, 0.05) is 28.9 Å². The summed E-state index contributed by atoms with van der Waals surface area (Å²) in [5.41, 5.74) is 3.07. The molecule has 7 nitrogen and oxygen atoms in total. The van der Waals surface area contributed by atoms with Crippen LogP contribution in [-0.4, -0.2) is 56.2 Å². The van der Waals surface area contributed by atoms with Crippen LogP contribution in [0.4, 0.5) is 10.1 Å². The molecule has 0 N–H and O–H groups in total. The monoisotopic (exact) mass is 568 g/mol. The average Bonchev–Trinajstić information content (AvgIpc) is 3.35. The fourth-order valence-electron chi connectivity index (χ4n) is 3.86. The number of halogens is 1. The molecule has 1 saturated heterocycles. The van der Waals surface area contributed by atoms with Crippen LogP contribution in [0.5, 0.6) is 0 Å². The first-order valence-corrected chi connectivity index (χ1v) is 15.4. The Morgan fingerprint density at radius 2 is 1.66 bits per heavy atom. The molecule has 1 fully saturated rings. The predicted molar refractivity (Wildman–Crippen MR) is 150 cm³/mol. The molecule has 5 rings (SSSR count). The van der Waals surface area contributed by atoms with E-state index in [1.807, 2.05) is 35.9 Å². The van der Waals surface area contributed by atoms with Crippen LogP contribution in [0.15, 0.2) is 98.1 Å². The summed E-state index contributed by atoms with van der Waals surface area (Å²) in [4.78, 5) is 6.71. The molecule has 2 heterocycles. The topological polar surface area (TPSA) is 76.3 Å². The molecule has 4 aromatic rings. The highest BCUT2D eigenvalue weighted by molar-refractivity contribution is 7.98. The highest BCUT2D eigenvalue weighted by Crippen LogP contribution is 2.23. The van der Waals surface area contributed by atoms with E-state index < -0.39 is 10.0 Å². The molecule has 1 aliphatic heterocycles. The van der Waals surface area contributed by atoms with E-state index in [-0.39, 0.29) is 10.7 Å². The van der Waals surface area contributed by atoms with E-state index in [4.69, 9.17) is 14.8 Å². The standard InChI is InChI=1S/C27H25FN4O3S3/c1-36-24-10-2-20(3-11-24)18-29-32-26(21-4-6-22(28)7-5-21)19-37-27(32)30-23-8-12-25(13-9-23)38(33,34)31-14-16-35-17-15-31/h2-13,18-19H,14-17H2,1H3. The first-order valence-electron chi connectivity index (χ1n) is 11.8. The second-order valence-corrected chi connectivity index (χ2v) is 12.0. The zero-order valence-corrected chi connectivity index (χ0v) is 23.0. The number of rotatable bonds is 7. The van der Waals surface area contributed by atoms with Crippen LogP contribution in [0.3, 0.4) is 0 Å². The van der Waals surface area contributed by atoms with Crippen LogP contribution in [-0.2, 0) is 14.8 Å². The Kier molecular flexibility index (Phi) is 8.20. The van der Waals surface area contributed by atoms with Gasteiger partial charge in [0.2, 0.25) is 14.8 Å². The van der Waals surface area contributed by atoms with Crippen LogP contribution in [0.1, 0.15) is 5.56 Å². The van der Waals surface area contributed by atoms with Crippen molar-refractivity contribution in [3.8, 4) is 11.3 Å². The van der Waals surface area contributed by atoms with E-state index in [9.17, 15) is 12.8 Å². The molecule has 3 aromatic carbocycles. The molecule has 196 valence electrons. The molecule has 0 atom stereocenters. The Labute approximate surface area is 229 Å². The van der Waals surface area contributed by atoms with Gasteiger partial charge in [-0.2, -0.15) is 9.41 Å². The highest BCUT2D eigenvalue weighted by atomic mass is 32.2. The van der Waals surface area contributed by atoms with E-state index >= 15 is 0 Å². The zero-order valence-electron chi connectivity index (χ0n) is 20.5. The van der Waals surface area contributed by atoms with Gasteiger partial charge < -0.3 is 4.74 Å². The summed E-state index contributed by atoms with van der Waals surface area (Å²) >= 11 is 3.06. The van der Waals surface area contributed by atoms with Crippen LogP contribution >= 0.6 is 23.1 Å². The molecular weight excluding hydrogens is 544 g/mol. The third-order valence-corrected chi connectivity index (χ3v) is 9.41. The fourth-order valence-corrected chi connectivity index (χ4v) is 6.53. The minimum atomic E-state index is -3.59. The molecule has 0 bridgehead atoms. The average molecular weight is 569 g/mol. The van der Waals surface area contributed by atoms with Crippen molar-refractivity contribution in [2.45, 2.75) is 9.79 Å². The SMILES string of the molecule is CSc1ccc(C=Nn2c(-c3ccc(F)cc3)csc2=Nc2ccc(S(=O)(=O)N3CCOCC3)cc2)cc1. The summed E-state index contributed by atoms with van der Waals surface area (Å²) in [5, 5.41) is 6.61. The largest absolute Gasteiger partial charge is 0.379 e. The Bertz CT molecular complexity index is 1590. The number of ether oxygens (including phenoxy) is 1. The summed E-state index contributed by atoms with van der Waals surface area (Å²) in [5.74, 6) is -0.315. The number of sulfonamides is 1. The van der Waals surface area contributed by atoms with Crippen molar-refractivity contribution < 1.29 is 17.5 Å². The minimum Gasteiger partial charge on any atom is -0.379 e. The number of morpholine rings is 1. The number of hydrogen-bond donors (Lipinski definition) is 0. The molecule has 0 saturated carbocycles. The van der Waals surface area contributed by atoms with Crippen molar-refractivity contribution in [3.05, 3.63) is 94.4 Å². The van der Waals surface area contributed by atoms with Gasteiger partial charge in [-0.1, -0.05) is 12.1 Å². The normalized spacial score (nSPS) is 15.4. The summed E-state index contributed by atoms with van der Waals surface area (Å²) in [6, 6.07) is 20.8. The first-order chi connectivity index (χ1) is 18.4. The lowest BCUT2D eigenvalue weighted by molar-refractivity contribution is 0.0730. The molecule has 38 heavy (non-hydrogen) atoms. The summed E-state index contributed by atoms with van der Waals surface area (Å²) in [6.07, 6.45) is 3.78. The number of hydrogen-bond acceptors (Lipinski definition) is 7. The second-order valence-electron chi connectivity index (χ2n) is 8.36. The second kappa shape index (κ2) is 11.7. The minimum absolute atomic E-state index is 0.219. The lowest BCUT2D eigenvalue weighted by Gasteiger charge is -2.26. The predicted octanol–water partition coefficient (Wildman–Crippen LogP) is 5.21. The number of nitrogens with zero attached hydrogens (tertiary/aromatic N) is 4. The van der Waals surface area contributed by atoms with E-state index in [0.29, 0.717) is 36.8 Å². The molecule has 0 aliphatic carbocycles. The van der Waals surface area contributed by atoms with Crippen LogP contribution in [0, 0.1) is 5.82 Å². The van der Waals surface area contributed by atoms with E-state index in [0.717, 1.165) is 21.7 Å². The number of benzene rings is 3. The summed E-state index contributed by atoms with van der Waals surface area (Å²) in [7, 11) is -3.59. The van der Waals surface area contributed by atoms with Gasteiger partial charge in [0.1, 0.15) is 5.82 Å². The van der Waals surface area contributed by atoms with Crippen molar-refractivity contribution in [1.29, 1.82) is 0 Å². The molecule has 0 unspecified atom stereocenters. The van der Waals surface area contributed by atoms with Crippen molar-refractivity contribution in [3.63, 3.8) is 0 Å². The number of thiazole rings is 1. The van der Waals surface area contributed by atoms with Gasteiger partial charge in [-0.15, -0.1) is 23.1 Å². The van der Waals surface area contributed by atoms with Gasteiger partial charge in [-0.3, -0.25) is 0 Å². The van der Waals surface area contributed by atoms with Crippen LogP contribution in [0.2, 0.25) is 0 Å². The molecule has 0 radical (unpaired) electrons. The number of thioether (sulfide) groups is 1. The van der Waals surface area contributed by atoms with Crippen LogP contribution < -0.4 is 4.80 Å². The third kappa shape index (κ3) is 5.97.